The quantitative estimate of drug-likeness (QED) is 0.551. The van der Waals surface area contributed by atoms with Gasteiger partial charge in [-0.1, -0.05) is 25.6 Å². The number of hydrogen-bond acceptors (Lipinski definition) is 8. The molecular formula is C20H24N4O6S2. The standard InChI is InChI=1S/C20H24N4O6S2/c1-3-24(4-2)32(27,28)15-6-8-19(21-12-15)31-13-18(25)23-20(26)22-14-5-7-16-17(11-14)30-10-9-29-16/h5-8,11-12H,3-4,9-10,13H2,1-2H3,(H2,22,23,25,26). The smallest absolute Gasteiger partial charge is 0.325 e. The van der Waals surface area contributed by atoms with E-state index in [1.807, 2.05) is 0 Å². The topological polar surface area (TPSA) is 127 Å². The van der Waals surface area contributed by atoms with E-state index in [4.69, 9.17) is 9.47 Å². The molecule has 0 saturated carbocycles. The lowest BCUT2D eigenvalue weighted by atomic mass is 10.2. The number of carbonyl (C=O) groups is 2. The Morgan fingerprint density at radius 1 is 1.09 bits per heavy atom. The molecule has 0 unspecified atom stereocenters. The lowest BCUT2D eigenvalue weighted by Gasteiger charge is -2.19. The minimum atomic E-state index is -3.59. The second kappa shape index (κ2) is 10.7. The molecule has 0 spiro atoms. The summed E-state index contributed by atoms with van der Waals surface area (Å²) in [7, 11) is -3.59. The Morgan fingerprint density at radius 3 is 2.47 bits per heavy atom. The Labute approximate surface area is 190 Å². The van der Waals surface area contributed by atoms with Crippen LogP contribution < -0.4 is 20.1 Å². The van der Waals surface area contributed by atoms with Crippen LogP contribution in [0.2, 0.25) is 0 Å². The molecule has 2 N–H and O–H groups in total. The van der Waals surface area contributed by atoms with Crippen molar-refractivity contribution in [3.05, 3.63) is 36.5 Å². The molecule has 1 aromatic heterocycles. The fraction of sp³-hybridized carbons (Fsp3) is 0.350. The van der Waals surface area contributed by atoms with Crippen molar-refractivity contribution in [1.29, 1.82) is 0 Å². The van der Waals surface area contributed by atoms with Crippen molar-refractivity contribution in [3.8, 4) is 11.5 Å². The first-order valence-electron chi connectivity index (χ1n) is 9.93. The third-order valence-corrected chi connectivity index (χ3v) is 7.43. The number of fused-ring (bicyclic) bond motifs is 1. The second-order valence-electron chi connectivity index (χ2n) is 6.57. The highest BCUT2D eigenvalue weighted by molar-refractivity contribution is 7.99. The van der Waals surface area contributed by atoms with Crippen LogP contribution in [-0.4, -0.2) is 61.7 Å². The number of hydrogen-bond donors (Lipinski definition) is 2. The zero-order valence-corrected chi connectivity index (χ0v) is 19.3. The molecule has 1 aliphatic heterocycles. The summed E-state index contributed by atoms with van der Waals surface area (Å²) in [5.41, 5.74) is 0.457. The van der Waals surface area contributed by atoms with Crippen molar-refractivity contribution < 1.29 is 27.5 Å². The van der Waals surface area contributed by atoms with Crippen molar-refractivity contribution in [2.24, 2.45) is 0 Å². The fourth-order valence-electron chi connectivity index (χ4n) is 2.90. The number of rotatable bonds is 8. The number of pyridine rings is 1. The van der Waals surface area contributed by atoms with E-state index in [0.29, 0.717) is 48.5 Å². The molecule has 12 heteroatoms. The van der Waals surface area contributed by atoms with Crippen LogP contribution in [0.4, 0.5) is 10.5 Å². The number of sulfonamides is 1. The van der Waals surface area contributed by atoms with Gasteiger partial charge in [-0.05, 0) is 24.3 Å². The number of benzene rings is 1. The summed E-state index contributed by atoms with van der Waals surface area (Å²) in [6, 6.07) is 7.24. The average molecular weight is 481 g/mol. The van der Waals surface area contributed by atoms with E-state index in [0.717, 1.165) is 11.8 Å². The molecular weight excluding hydrogens is 456 g/mol. The van der Waals surface area contributed by atoms with Gasteiger partial charge in [-0.15, -0.1) is 0 Å². The summed E-state index contributed by atoms with van der Waals surface area (Å²) in [5.74, 6) is 0.530. The highest BCUT2D eigenvalue weighted by Crippen LogP contribution is 2.32. The third-order valence-electron chi connectivity index (χ3n) is 4.46. The fourth-order valence-corrected chi connectivity index (χ4v) is 4.95. The predicted octanol–water partition coefficient (Wildman–Crippen LogP) is 2.32. The number of nitrogens with zero attached hydrogens (tertiary/aromatic N) is 2. The summed E-state index contributed by atoms with van der Waals surface area (Å²) in [6.45, 7) is 5.15. The molecule has 3 amide bonds. The first kappa shape index (κ1) is 23.8. The number of amides is 3. The van der Waals surface area contributed by atoms with Crippen LogP contribution in [-0.2, 0) is 14.8 Å². The van der Waals surface area contributed by atoms with Crippen LogP contribution in [0.1, 0.15) is 13.8 Å². The zero-order chi connectivity index (χ0) is 23.1. The molecule has 1 aliphatic rings. The number of anilines is 1. The summed E-state index contributed by atoms with van der Waals surface area (Å²) in [6.07, 6.45) is 1.27. The maximum absolute atomic E-state index is 12.5. The molecule has 0 aliphatic carbocycles. The predicted molar refractivity (Wildman–Crippen MR) is 120 cm³/mol. The highest BCUT2D eigenvalue weighted by atomic mass is 32.2. The Balaban J connectivity index is 1.50. The third kappa shape index (κ3) is 5.90. The Morgan fingerprint density at radius 2 is 1.81 bits per heavy atom. The van der Waals surface area contributed by atoms with Crippen LogP contribution in [0.5, 0.6) is 11.5 Å². The summed E-state index contributed by atoms with van der Waals surface area (Å²) in [4.78, 5) is 28.3. The number of thioether (sulfide) groups is 1. The molecule has 10 nitrogen and oxygen atoms in total. The van der Waals surface area contributed by atoms with Gasteiger partial charge in [0.25, 0.3) is 0 Å². The van der Waals surface area contributed by atoms with Gasteiger partial charge < -0.3 is 14.8 Å². The highest BCUT2D eigenvalue weighted by Gasteiger charge is 2.22. The van der Waals surface area contributed by atoms with Gasteiger partial charge in [0.2, 0.25) is 15.9 Å². The Bertz CT molecular complexity index is 1070. The Kier molecular flexibility index (Phi) is 7.94. The molecule has 0 saturated heterocycles. The van der Waals surface area contributed by atoms with Crippen molar-refractivity contribution in [2.45, 2.75) is 23.8 Å². The molecule has 2 heterocycles. The number of carbonyl (C=O) groups excluding carboxylic acids is 2. The molecule has 0 fully saturated rings. The number of aromatic nitrogens is 1. The molecule has 1 aromatic carbocycles. The van der Waals surface area contributed by atoms with Crippen molar-refractivity contribution >= 4 is 39.4 Å². The maximum atomic E-state index is 12.5. The lowest BCUT2D eigenvalue weighted by Crippen LogP contribution is -2.35. The van der Waals surface area contributed by atoms with Crippen LogP contribution in [0, 0.1) is 0 Å². The summed E-state index contributed by atoms with van der Waals surface area (Å²) in [5, 5.41) is 5.26. The van der Waals surface area contributed by atoms with Gasteiger partial charge in [-0.2, -0.15) is 4.31 Å². The van der Waals surface area contributed by atoms with E-state index >= 15 is 0 Å². The van der Waals surface area contributed by atoms with Crippen molar-refractivity contribution in [1.82, 2.24) is 14.6 Å². The SMILES string of the molecule is CCN(CC)S(=O)(=O)c1ccc(SCC(=O)NC(=O)Nc2ccc3c(c2)OCCO3)nc1. The van der Waals surface area contributed by atoms with Crippen LogP contribution in [0.3, 0.4) is 0 Å². The average Bonchev–Trinajstić information content (AvgIpc) is 2.78. The number of imide groups is 1. The van der Waals surface area contributed by atoms with Crippen LogP contribution in [0.25, 0.3) is 0 Å². The first-order valence-corrected chi connectivity index (χ1v) is 12.4. The summed E-state index contributed by atoms with van der Waals surface area (Å²) < 4.78 is 37.2. The van der Waals surface area contributed by atoms with Crippen LogP contribution >= 0.6 is 11.8 Å². The van der Waals surface area contributed by atoms with E-state index in [1.54, 1.807) is 32.0 Å². The van der Waals surface area contributed by atoms with Crippen molar-refractivity contribution in [3.63, 3.8) is 0 Å². The van der Waals surface area contributed by atoms with Gasteiger partial charge in [0.05, 0.1) is 10.8 Å². The molecule has 0 atom stereocenters. The number of ether oxygens (including phenoxy) is 2. The van der Waals surface area contributed by atoms with Gasteiger partial charge in [0.1, 0.15) is 18.1 Å². The van der Waals surface area contributed by atoms with E-state index in [2.05, 4.69) is 15.6 Å². The molecule has 172 valence electrons. The van der Waals surface area contributed by atoms with E-state index < -0.39 is 22.0 Å². The van der Waals surface area contributed by atoms with Gasteiger partial charge in [0, 0.05) is 31.0 Å². The molecule has 0 bridgehead atoms. The normalized spacial score (nSPS) is 13.0. The molecule has 3 rings (SSSR count). The van der Waals surface area contributed by atoms with E-state index in [1.165, 1.54) is 22.6 Å². The molecule has 32 heavy (non-hydrogen) atoms. The monoisotopic (exact) mass is 480 g/mol. The number of urea groups is 1. The van der Waals surface area contributed by atoms with Gasteiger partial charge in [0.15, 0.2) is 11.5 Å². The lowest BCUT2D eigenvalue weighted by molar-refractivity contribution is -0.117. The molecule has 0 radical (unpaired) electrons. The summed E-state index contributed by atoms with van der Waals surface area (Å²) >= 11 is 1.09. The van der Waals surface area contributed by atoms with Gasteiger partial charge >= 0.3 is 6.03 Å². The van der Waals surface area contributed by atoms with Gasteiger partial charge in [-0.25, -0.2) is 18.2 Å². The largest absolute Gasteiger partial charge is 0.486 e. The van der Waals surface area contributed by atoms with Gasteiger partial charge in [-0.3, -0.25) is 10.1 Å². The maximum Gasteiger partial charge on any atom is 0.325 e. The Hall–Kier alpha value is -2.83. The molecule has 2 aromatic rings. The zero-order valence-electron chi connectivity index (χ0n) is 17.7. The second-order valence-corrected chi connectivity index (χ2v) is 9.50. The van der Waals surface area contributed by atoms with Crippen molar-refractivity contribution in [2.75, 3.05) is 37.4 Å². The minimum Gasteiger partial charge on any atom is -0.486 e. The number of nitrogens with one attached hydrogen (secondary N) is 2. The van der Waals surface area contributed by atoms with E-state index in [9.17, 15) is 18.0 Å². The minimum absolute atomic E-state index is 0.0658. The van der Waals surface area contributed by atoms with Crippen LogP contribution in [0.15, 0.2) is 46.5 Å². The van der Waals surface area contributed by atoms with E-state index in [-0.39, 0.29) is 10.6 Å². The first-order chi connectivity index (χ1) is 15.3.